The summed E-state index contributed by atoms with van der Waals surface area (Å²) in [7, 11) is 0. The summed E-state index contributed by atoms with van der Waals surface area (Å²) in [6.07, 6.45) is -0.181. The lowest BCUT2D eigenvalue weighted by Crippen LogP contribution is -1.97. The molecule has 0 unspecified atom stereocenters. The number of carbonyl (C=O) groups is 1. The van der Waals surface area contributed by atoms with Crippen LogP contribution >= 0.6 is 11.8 Å². The normalized spacial score (nSPS) is 10.6. The molecule has 0 aliphatic carbocycles. The van der Waals surface area contributed by atoms with Gasteiger partial charge >= 0.3 is 5.97 Å². The zero-order valence-electron chi connectivity index (χ0n) is 9.47. The van der Waals surface area contributed by atoms with Gasteiger partial charge in [0.05, 0.1) is 6.42 Å². The number of aliphatic carboxylic acids is 1. The van der Waals surface area contributed by atoms with E-state index in [9.17, 15) is 13.6 Å². The molecule has 0 spiro atoms. The van der Waals surface area contributed by atoms with Gasteiger partial charge in [-0.2, -0.15) is 0 Å². The molecule has 1 aromatic carbocycles. The maximum atomic E-state index is 13.4. The first kappa shape index (κ1) is 13.5. The molecule has 2 aromatic rings. The minimum Gasteiger partial charge on any atom is -0.481 e. The average Bonchev–Trinajstić information content (AvgIpc) is 2.79. The van der Waals surface area contributed by atoms with Crippen LogP contribution in [0.5, 0.6) is 0 Å². The Morgan fingerprint density at radius 1 is 1.32 bits per heavy atom. The third kappa shape index (κ3) is 3.50. The molecule has 0 saturated heterocycles. The number of aromatic nitrogens is 2. The topological polar surface area (TPSA) is 76.2 Å². The number of hydrogen-bond acceptors (Lipinski definition) is 5. The molecule has 1 heterocycles. The summed E-state index contributed by atoms with van der Waals surface area (Å²) in [5.74, 6) is -2.62. The van der Waals surface area contributed by atoms with Crippen molar-refractivity contribution in [3.8, 4) is 0 Å². The van der Waals surface area contributed by atoms with Gasteiger partial charge in [0.15, 0.2) is 0 Å². The van der Waals surface area contributed by atoms with E-state index >= 15 is 0 Å². The lowest BCUT2D eigenvalue weighted by Gasteiger charge is -2.00. The third-order valence-corrected chi connectivity index (χ3v) is 2.96. The molecule has 0 atom stereocenters. The molecule has 19 heavy (non-hydrogen) atoms. The molecule has 0 amide bonds. The quantitative estimate of drug-likeness (QED) is 0.848. The predicted molar refractivity (Wildman–Crippen MR) is 61.8 cm³/mol. The first-order valence-electron chi connectivity index (χ1n) is 5.16. The predicted octanol–water partition coefficient (Wildman–Crippen LogP) is 2.12. The van der Waals surface area contributed by atoms with Crippen molar-refractivity contribution in [3.05, 3.63) is 41.3 Å². The highest BCUT2D eigenvalue weighted by Gasteiger charge is 2.14. The number of carboxylic acid groups (broad SMARTS) is 1. The minimum absolute atomic E-state index is 0.0249. The molecule has 100 valence electrons. The smallest absolute Gasteiger partial charge is 0.314 e. The van der Waals surface area contributed by atoms with Crippen molar-refractivity contribution in [3.63, 3.8) is 0 Å². The van der Waals surface area contributed by atoms with Gasteiger partial charge in [-0.3, -0.25) is 4.79 Å². The van der Waals surface area contributed by atoms with Crippen molar-refractivity contribution < 1.29 is 23.1 Å². The fourth-order valence-corrected chi connectivity index (χ4v) is 1.84. The van der Waals surface area contributed by atoms with Gasteiger partial charge in [0.1, 0.15) is 17.4 Å². The highest BCUT2D eigenvalue weighted by atomic mass is 32.2. The number of carboxylic acids is 1. The Morgan fingerprint density at radius 2 is 2.00 bits per heavy atom. The van der Waals surface area contributed by atoms with Gasteiger partial charge in [-0.1, -0.05) is 17.8 Å². The van der Waals surface area contributed by atoms with Crippen LogP contribution in [-0.2, 0) is 11.2 Å². The highest BCUT2D eigenvalue weighted by molar-refractivity contribution is 7.99. The third-order valence-electron chi connectivity index (χ3n) is 2.16. The van der Waals surface area contributed by atoms with Crippen LogP contribution in [0.2, 0.25) is 0 Å². The Hall–Kier alpha value is -1.96. The Labute approximate surface area is 110 Å². The van der Waals surface area contributed by atoms with E-state index in [4.69, 9.17) is 9.52 Å². The molecule has 0 bridgehead atoms. The number of benzene rings is 1. The van der Waals surface area contributed by atoms with Crippen molar-refractivity contribution in [2.75, 3.05) is 5.75 Å². The second kappa shape index (κ2) is 5.79. The molecular weight excluding hydrogens is 278 g/mol. The van der Waals surface area contributed by atoms with Gasteiger partial charge in [-0.05, 0) is 12.1 Å². The van der Waals surface area contributed by atoms with Gasteiger partial charge in [-0.25, -0.2) is 8.78 Å². The molecule has 0 fully saturated rings. The Morgan fingerprint density at radius 3 is 2.63 bits per heavy atom. The van der Waals surface area contributed by atoms with Gasteiger partial charge in [0, 0.05) is 5.56 Å². The first-order valence-corrected chi connectivity index (χ1v) is 6.14. The highest BCUT2D eigenvalue weighted by Crippen LogP contribution is 2.20. The van der Waals surface area contributed by atoms with E-state index in [1.807, 2.05) is 0 Å². The summed E-state index contributed by atoms with van der Waals surface area (Å²) in [6, 6.07) is 3.53. The van der Waals surface area contributed by atoms with Crippen LogP contribution in [0.4, 0.5) is 8.78 Å². The summed E-state index contributed by atoms with van der Waals surface area (Å²) in [4.78, 5) is 10.3. The molecule has 1 N–H and O–H groups in total. The van der Waals surface area contributed by atoms with Gasteiger partial charge in [-0.15, -0.1) is 10.2 Å². The number of rotatable bonds is 5. The molecule has 2 rings (SSSR count). The number of nitrogens with zero attached hydrogens (tertiary/aromatic N) is 2. The van der Waals surface area contributed by atoms with Crippen LogP contribution in [0.1, 0.15) is 11.5 Å². The molecule has 0 aliphatic rings. The molecule has 0 saturated carbocycles. The van der Waals surface area contributed by atoms with Crippen LogP contribution in [0.25, 0.3) is 0 Å². The first-order chi connectivity index (χ1) is 9.06. The van der Waals surface area contributed by atoms with E-state index in [1.54, 1.807) is 0 Å². The SMILES string of the molecule is O=C(O)CSc1nnc(Cc2c(F)cccc2F)o1. The number of hydrogen-bond donors (Lipinski definition) is 1. The fraction of sp³-hybridized carbons (Fsp3) is 0.182. The van der Waals surface area contributed by atoms with E-state index in [2.05, 4.69) is 10.2 Å². The van der Waals surface area contributed by atoms with Crippen LogP contribution in [0.15, 0.2) is 27.8 Å². The van der Waals surface area contributed by atoms with Crippen LogP contribution in [0.3, 0.4) is 0 Å². The molecule has 5 nitrogen and oxygen atoms in total. The average molecular weight is 286 g/mol. The van der Waals surface area contributed by atoms with Crippen molar-refractivity contribution in [1.29, 1.82) is 0 Å². The summed E-state index contributed by atoms with van der Waals surface area (Å²) >= 11 is 0.841. The largest absolute Gasteiger partial charge is 0.481 e. The second-order valence-corrected chi connectivity index (χ2v) is 4.45. The summed E-state index contributed by atoms with van der Waals surface area (Å²) in [6.45, 7) is 0. The van der Waals surface area contributed by atoms with Gasteiger partial charge < -0.3 is 9.52 Å². The summed E-state index contributed by atoms with van der Waals surface area (Å²) < 4.78 is 31.9. The van der Waals surface area contributed by atoms with Gasteiger partial charge in [0.25, 0.3) is 5.22 Å². The zero-order valence-corrected chi connectivity index (χ0v) is 10.3. The molecule has 1 aromatic heterocycles. The maximum Gasteiger partial charge on any atom is 0.314 e. The monoisotopic (exact) mass is 286 g/mol. The van der Waals surface area contributed by atoms with Crippen molar-refractivity contribution >= 4 is 17.7 Å². The molecular formula is C11H8F2N2O3S. The summed E-state index contributed by atoms with van der Waals surface area (Å²) in [5, 5.41) is 15.7. The molecule has 8 heteroatoms. The standard InChI is InChI=1S/C11H8F2N2O3S/c12-7-2-1-3-8(13)6(7)4-9-14-15-11(18-9)19-5-10(16)17/h1-3H,4-5H2,(H,16,17). The number of thioether (sulfide) groups is 1. The second-order valence-electron chi connectivity index (χ2n) is 3.52. The van der Waals surface area contributed by atoms with Crippen LogP contribution in [-0.4, -0.2) is 27.0 Å². The lowest BCUT2D eigenvalue weighted by atomic mass is 10.1. The zero-order chi connectivity index (χ0) is 13.8. The molecule has 0 aliphatic heterocycles. The maximum absolute atomic E-state index is 13.4. The Kier molecular flexibility index (Phi) is 4.10. The van der Waals surface area contributed by atoms with E-state index in [0.29, 0.717) is 0 Å². The van der Waals surface area contributed by atoms with Crippen molar-refractivity contribution in [1.82, 2.24) is 10.2 Å². The van der Waals surface area contributed by atoms with Crippen LogP contribution < -0.4 is 0 Å². The van der Waals surface area contributed by atoms with Crippen molar-refractivity contribution in [2.45, 2.75) is 11.6 Å². The molecule has 0 radical (unpaired) electrons. The Bertz CT molecular complexity index is 583. The summed E-state index contributed by atoms with van der Waals surface area (Å²) in [5.41, 5.74) is -0.166. The van der Waals surface area contributed by atoms with E-state index in [1.165, 1.54) is 6.07 Å². The van der Waals surface area contributed by atoms with E-state index in [0.717, 1.165) is 23.9 Å². The Balaban J connectivity index is 2.09. The minimum atomic E-state index is -1.02. The van der Waals surface area contributed by atoms with E-state index < -0.39 is 17.6 Å². The van der Waals surface area contributed by atoms with Crippen LogP contribution in [0, 0.1) is 11.6 Å². The lowest BCUT2D eigenvalue weighted by molar-refractivity contribution is -0.133. The number of halogens is 2. The van der Waals surface area contributed by atoms with E-state index in [-0.39, 0.29) is 28.9 Å². The van der Waals surface area contributed by atoms with Gasteiger partial charge in [0.2, 0.25) is 5.89 Å². The van der Waals surface area contributed by atoms with Crippen molar-refractivity contribution in [2.24, 2.45) is 0 Å². The fourth-order valence-electron chi connectivity index (χ4n) is 1.34.